The number of likely N-dealkylation sites (tertiary alicyclic amines) is 1. The molecule has 0 saturated carbocycles. The number of rotatable bonds is 3. The number of carboxylic acids is 1. The van der Waals surface area contributed by atoms with Crippen molar-refractivity contribution in [3.8, 4) is 0 Å². The molecule has 0 amide bonds. The van der Waals surface area contributed by atoms with Crippen molar-refractivity contribution in [3.63, 3.8) is 0 Å². The Morgan fingerprint density at radius 2 is 2.53 bits per heavy atom. The number of aromatic nitrogens is 2. The maximum atomic E-state index is 10.7. The van der Waals surface area contributed by atoms with Gasteiger partial charge in [0, 0.05) is 24.8 Å². The molecule has 0 spiro atoms. The van der Waals surface area contributed by atoms with Gasteiger partial charge in [0.2, 0.25) is 0 Å². The van der Waals surface area contributed by atoms with E-state index in [1.165, 1.54) is 0 Å². The normalized spacial score (nSPS) is 22.1. The van der Waals surface area contributed by atoms with Gasteiger partial charge in [-0.3, -0.25) is 14.4 Å². The summed E-state index contributed by atoms with van der Waals surface area (Å²) >= 11 is 0. The minimum Gasteiger partial charge on any atom is -0.480 e. The molecule has 1 aliphatic heterocycles. The fourth-order valence-corrected chi connectivity index (χ4v) is 2.18. The molecule has 1 atom stereocenters. The predicted molar refractivity (Wildman–Crippen MR) is 54.4 cm³/mol. The molecule has 0 aromatic carbocycles. The quantitative estimate of drug-likeness (QED) is 0.793. The largest absolute Gasteiger partial charge is 0.480 e. The molecule has 0 aliphatic carbocycles. The number of hydrogen-bond donors (Lipinski definition) is 1. The maximum absolute atomic E-state index is 10.7. The Hall–Kier alpha value is -1.36. The van der Waals surface area contributed by atoms with Gasteiger partial charge in [-0.25, -0.2) is 0 Å². The first-order valence-electron chi connectivity index (χ1n) is 5.11. The summed E-state index contributed by atoms with van der Waals surface area (Å²) in [5.41, 5.74) is 1.12. The van der Waals surface area contributed by atoms with Gasteiger partial charge in [-0.15, -0.1) is 0 Å². The van der Waals surface area contributed by atoms with Crippen LogP contribution in [-0.4, -0.2) is 38.8 Å². The molecule has 1 aliphatic rings. The highest BCUT2D eigenvalue weighted by Gasteiger charge is 2.28. The first-order chi connectivity index (χ1) is 7.16. The second-order valence-corrected chi connectivity index (χ2v) is 3.97. The van der Waals surface area contributed by atoms with Gasteiger partial charge in [0.05, 0.1) is 12.7 Å². The van der Waals surface area contributed by atoms with E-state index in [0.29, 0.717) is 0 Å². The molecule has 0 radical (unpaired) electrons. The summed E-state index contributed by atoms with van der Waals surface area (Å²) in [5.74, 6) is -0.759. The molecule has 1 aromatic heterocycles. The summed E-state index contributed by atoms with van der Waals surface area (Å²) in [6.45, 7) is 0.991. The van der Waals surface area contributed by atoms with Gasteiger partial charge in [-0.1, -0.05) is 0 Å². The molecular formula is C10H15N3O2. The third-order valence-corrected chi connectivity index (χ3v) is 2.81. The van der Waals surface area contributed by atoms with E-state index in [9.17, 15) is 4.79 Å². The van der Waals surface area contributed by atoms with Crippen LogP contribution in [-0.2, 0) is 11.8 Å². The molecule has 0 unspecified atom stereocenters. The number of carbonyl (C=O) groups is 1. The summed E-state index contributed by atoms with van der Waals surface area (Å²) in [4.78, 5) is 12.7. The molecule has 82 valence electrons. The molecule has 1 saturated heterocycles. The van der Waals surface area contributed by atoms with Crippen LogP contribution in [0.1, 0.15) is 24.4 Å². The Kier molecular flexibility index (Phi) is 2.73. The van der Waals surface area contributed by atoms with E-state index < -0.39 is 5.97 Å². The van der Waals surface area contributed by atoms with Crippen molar-refractivity contribution < 1.29 is 9.90 Å². The fraction of sp³-hybridized carbons (Fsp3) is 0.600. The molecule has 1 fully saturated rings. The average molecular weight is 209 g/mol. The van der Waals surface area contributed by atoms with E-state index in [4.69, 9.17) is 5.11 Å². The van der Waals surface area contributed by atoms with Crippen LogP contribution in [0.4, 0.5) is 0 Å². The summed E-state index contributed by atoms with van der Waals surface area (Å²) in [6, 6.07) is 0.231. The van der Waals surface area contributed by atoms with Crippen molar-refractivity contribution in [2.45, 2.75) is 18.9 Å². The summed E-state index contributed by atoms with van der Waals surface area (Å²) < 4.78 is 1.76. The topological polar surface area (TPSA) is 58.4 Å². The van der Waals surface area contributed by atoms with Crippen LogP contribution in [0.2, 0.25) is 0 Å². The summed E-state index contributed by atoms with van der Waals surface area (Å²) in [7, 11) is 1.87. The van der Waals surface area contributed by atoms with Crippen LogP contribution in [0.5, 0.6) is 0 Å². The van der Waals surface area contributed by atoms with Crippen LogP contribution < -0.4 is 0 Å². The van der Waals surface area contributed by atoms with Crippen LogP contribution >= 0.6 is 0 Å². The van der Waals surface area contributed by atoms with E-state index in [2.05, 4.69) is 5.10 Å². The zero-order valence-electron chi connectivity index (χ0n) is 8.76. The van der Waals surface area contributed by atoms with Gasteiger partial charge in [-0.05, 0) is 19.4 Å². The van der Waals surface area contributed by atoms with Crippen LogP contribution in [0.25, 0.3) is 0 Å². The number of nitrogens with zero attached hydrogens (tertiary/aromatic N) is 3. The number of carboxylic acid groups (broad SMARTS) is 1. The summed E-state index contributed by atoms with van der Waals surface area (Å²) in [5, 5.41) is 12.9. The van der Waals surface area contributed by atoms with Crippen molar-refractivity contribution in [2.24, 2.45) is 7.05 Å². The lowest BCUT2D eigenvalue weighted by Crippen LogP contribution is -2.29. The zero-order valence-corrected chi connectivity index (χ0v) is 8.76. The highest BCUT2D eigenvalue weighted by Crippen LogP contribution is 2.30. The SMILES string of the molecule is Cn1cc([C@@H]2CCCN2CC(=O)O)cn1. The second-order valence-electron chi connectivity index (χ2n) is 3.97. The zero-order chi connectivity index (χ0) is 10.8. The smallest absolute Gasteiger partial charge is 0.317 e. The van der Waals surface area contributed by atoms with E-state index >= 15 is 0 Å². The molecule has 5 heteroatoms. The number of aliphatic carboxylic acids is 1. The fourth-order valence-electron chi connectivity index (χ4n) is 2.18. The molecular weight excluding hydrogens is 194 g/mol. The average Bonchev–Trinajstić information content (AvgIpc) is 2.72. The van der Waals surface area contributed by atoms with E-state index in [0.717, 1.165) is 24.9 Å². The Labute approximate surface area is 88.3 Å². The second kappa shape index (κ2) is 4.02. The number of hydrogen-bond acceptors (Lipinski definition) is 3. The highest BCUT2D eigenvalue weighted by atomic mass is 16.4. The van der Waals surface area contributed by atoms with E-state index in [1.807, 2.05) is 24.3 Å². The minimum absolute atomic E-state index is 0.125. The molecule has 5 nitrogen and oxygen atoms in total. The Balaban J connectivity index is 2.10. The molecule has 2 heterocycles. The number of aryl methyl sites for hydroxylation is 1. The van der Waals surface area contributed by atoms with Crippen LogP contribution in [0.15, 0.2) is 12.4 Å². The standard InChI is InChI=1S/C10H15N3O2/c1-12-6-8(5-11-12)9-3-2-4-13(9)7-10(14)15/h5-6,9H,2-4,7H2,1H3,(H,14,15)/t9-/m0/s1. The first-order valence-corrected chi connectivity index (χ1v) is 5.11. The minimum atomic E-state index is -0.759. The molecule has 0 bridgehead atoms. The van der Waals surface area contributed by atoms with Crippen molar-refractivity contribution in [1.82, 2.24) is 14.7 Å². The molecule has 15 heavy (non-hydrogen) atoms. The van der Waals surface area contributed by atoms with Gasteiger partial charge in [0.15, 0.2) is 0 Å². The monoisotopic (exact) mass is 209 g/mol. The van der Waals surface area contributed by atoms with Gasteiger partial charge in [-0.2, -0.15) is 5.10 Å². The molecule has 1 aromatic rings. The van der Waals surface area contributed by atoms with Crippen molar-refractivity contribution >= 4 is 5.97 Å². The lowest BCUT2D eigenvalue weighted by atomic mass is 10.1. The lowest BCUT2D eigenvalue weighted by molar-refractivity contribution is -0.138. The first kappa shape index (κ1) is 10.2. The van der Waals surface area contributed by atoms with Gasteiger partial charge >= 0.3 is 5.97 Å². The third-order valence-electron chi connectivity index (χ3n) is 2.81. The van der Waals surface area contributed by atoms with Gasteiger partial charge < -0.3 is 5.11 Å². The Morgan fingerprint density at radius 1 is 1.73 bits per heavy atom. The maximum Gasteiger partial charge on any atom is 0.317 e. The van der Waals surface area contributed by atoms with Crippen LogP contribution in [0, 0.1) is 0 Å². The Bertz CT molecular complexity index is 361. The van der Waals surface area contributed by atoms with Gasteiger partial charge in [0.25, 0.3) is 0 Å². The highest BCUT2D eigenvalue weighted by molar-refractivity contribution is 5.69. The van der Waals surface area contributed by atoms with Crippen molar-refractivity contribution in [2.75, 3.05) is 13.1 Å². The van der Waals surface area contributed by atoms with Crippen LogP contribution in [0.3, 0.4) is 0 Å². The lowest BCUT2D eigenvalue weighted by Gasteiger charge is -2.21. The summed E-state index contributed by atoms with van der Waals surface area (Å²) in [6.07, 6.45) is 5.88. The van der Waals surface area contributed by atoms with Gasteiger partial charge in [0.1, 0.15) is 0 Å². The Morgan fingerprint density at radius 3 is 3.13 bits per heavy atom. The van der Waals surface area contributed by atoms with Crippen molar-refractivity contribution in [1.29, 1.82) is 0 Å². The molecule has 1 N–H and O–H groups in total. The van der Waals surface area contributed by atoms with E-state index in [-0.39, 0.29) is 12.6 Å². The molecule has 2 rings (SSSR count). The third kappa shape index (κ3) is 2.18. The van der Waals surface area contributed by atoms with Crippen molar-refractivity contribution in [3.05, 3.63) is 18.0 Å². The predicted octanol–water partition coefficient (Wildman–Crippen LogP) is 0.642. The van der Waals surface area contributed by atoms with E-state index in [1.54, 1.807) is 4.68 Å².